The molecule has 5 heteroatoms. The summed E-state index contributed by atoms with van der Waals surface area (Å²) in [7, 11) is 0. The van der Waals surface area contributed by atoms with Crippen LogP contribution in [-0.4, -0.2) is 26.0 Å². The fourth-order valence-corrected chi connectivity index (χ4v) is 3.89. The molecule has 1 fully saturated rings. The van der Waals surface area contributed by atoms with E-state index in [4.69, 9.17) is 5.73 Å². The van der Waals surface area contributed by atoms with E-state index in [2.05, 4.69) is 20.8 Å². The maximum absolute atomic E-state index is 5.99. The van der Waals surface area contributed by atoms with Gasteiger partial charge in [-0.15, -0.1) is 0 Å². The molecule has 2 aromatic heterocycles. The van der Waals surface area contributed by atoms with E-state index in [0.29, 0.717) is 17.1 Å². The summed E-state index contributed by atoms with van der Waals surface area (Å²) in [6.07, 6.45) is 11.5. The van der Waals surface area contributed by atoms with Crippen LogP contribution in [0.3, 0.4) is 0 Å². The first-order valence-corrected chi connectivity index (χ1v) is 7.85. The number of thioether (sulfide) groups is 1. The number of nitrogen functional groups attached to an aromatic ring is 1. The molecule has 2 atom stereocenters. The van der Waals surface area contributed by atoms with Gasteiger partial charge in [0.05, 0.1) is 18.2 Å². The van der Waals surface area contributed by atoms with Gasteiger partial charge in [0.15, 0.2) is 0 Å². The maximum Gasteiger partial charge on any atom is 0.132 e. The summed E-state index contributed by atoms with van der Waals surface area (Å²) in [5.74, 6) is 0.572. The van der Waals surface area contributed by atoms with Crippen LogP contribution in [0.4, 0.5) is 5.82 Å². The molecule has 2 aromatic rings. The Morgan fingerprint density at radius 2 is 2.32 bits per heavy atom. The number of hydrogen-bond donors (Lipinski definition) is 1. The summed E-state index contributed by atoms with van der Waals surface area (Å²) >= 11 is 1.95. The van der Waals surface area contributed by atoms with Crippen molar-refractivity contribution in [2.75, 3.05) is 12.0 Å². The number of aromatic nitrogens is 3. The van der Waals surface area contributed by atoms with E-state index in [0.717, 1.165) is 11.3 Å². The van der Waals surface area contributed by atoms with E-state index in [-0.39, 0.29) is 0 Å². The third-order valence-electron chi connectivity index (χ3n) is 3.86. The van der Waals surface area contributed by atoms with Gasteiger partial charge in [0.2, 0.25) is 0 Å². The van der Waals surface area contributed by atoms with Crippen LogP contribution >= 0.6 is 11.8 Å². The Morgan fingerprint density at radius 1 is 1.42 bits per heavy atom. The lowest BCUT2D eigenvalue weighted by atomic mass is 10.1. The van der Waals surface area contributed by atoms with Crippen LogP contribution < -0.4 is 5.73 Å². The number of pyridine rings is 1. The number of anilines is 1. The zero-order valence-electron chi connectivity index (χ0n) is 11.0. The van der Waals surface area contributed by atoms with Crippen molar-refractivity contribution in [2.24, 2.45) is 0 Å². The molecule has 1 aliphatic rings. The maximum atomic E-state index is 5.99. The smallest absolute Gasteiger partial charge is 0.132 e. The minimum Gasteiger partial charge on any atom is -0.383 e. The Balaban J connectivity index is 2.01. The molecule has 0 aromatic carbocycles. The van der Waals surface area contributed by atoms with E-state index in [1.54, 1.807) is 6.20 Å². The van der Waals surface area contributed by atoms with E-state index < -0.39 is 0 Å². The van der Waals surface area contributed by atoms with Crippen molar-refractivity contribution in [3.8, 4) is 11.3 Å². The second-order valence-electron chi connectivity index (χ2n) is 4.89. The topological polar surface area (TPSA) is 56.7 Å². The summed E-state index contributed by atoms with van der Waals surface area (Å²) in [5.41, 5.74) is 8.05. The van der Waals surface area contributed by atoms with Crippen LogP contribution in [0.5, 0.6) is 0 Å². The van der Waals surface area contributed by atoms with E-state index in [1.807, 2.05) is 36.4 Å². The highest BCUT2D eigenvalue weighted by Crippen LogP contribution is 2.40. The normalized spacial score (nSPS) is 22.8. The molecule has 3 rings (SSSR count). The number of rotatable bonds is 3. The van der Waals surface area contributed by atoms with Gasteiger partial charge in [-0.05, 0) is 31.2 Å². The average molecular weight is 274 g/mol. The monoisotopic (exact) mass is 274 g/mol. The van der Waals surface area contributed by atoms with Gasteiger partial charge in [-0.3, -0.25) is 0 Å². The van der Waals surface area contributed by atoms with Crippen LogP contribution in [0, 0.1) is 0 Å². The van der Waals surface area contributed by atoms with E-state index in [1.165, 1.54) is 19.3 Å². The minimum atomic E-state index is 0.520. The third-order valence-corrected chi connectivity index (χ3v) is 5.01. The molecule has 4 nitrogen and oxygen atoms in total. The van der Waals surface area contributed by atoms with Crippen LogP contribution in [0.15, 0.2) is 30.9 Å². The van der Waals surface area contributed by atoms with Crippen LogP contribution in [0.25, 0.3) is 11.3 Å². The molecular weight excluding hydrogens is 256 g/mol. The van der Waals surface area contributed by atoms with E-state index in [9.17, 15) is 0 Å². The first-order valence-electron chi connectivity index (χ1n) is 6.56. The van der Waals surface area contributed by atoms with Crippen molar-refractivity contribution in [3.05, 3.63) is 30.9 Å². The number of imidazole rings is 1. The molecule has 0 bridgehead atoms. The second-order valence-corrected chi connectivity index (χ2v) is 5.97. The second kappa shape index (κ2) is 5.25. The molecule has 2 heterocycles. The summed E-state index contributed by atoms with van der Waals surface area (Å²) in [6.45, 7) is 0. The molecule has 2 N–H and O–H groups in total. The zero-order valence-corrected chi connectivity index (χ0v) is 11.8. The van der Waals surface area contributed by atoms with Gasteiger partial charge in [-0.2, -0.15) is 11.8 Å². The van der Waals surface area contributed by atoms with Crippen molar-refractivity contribution in [2.45, 2.75) is 30.6 Å². The lowest BCUT2D eigenvalue weighted by molar-refractivity contribution is 0.533. The Labute approximate surface area is 117 Å². The van der Waals surface area contributed by atoms with Gasteiger partial charge in [-0.25, -0.2) is 9.97 Å². The lowest BCUT2D eigenvalue weighted by Crippen LogP contribution is -2.16. The van der Waals surface area contributed by atoms with Crippen molar-refractivity contribution in [1.82, 2.24) is 14.5 Å². The summed E-state index contributed by atoms with van der Waals surface area (Å²) in [4.78, 5) is 8.50. The Kier molecular flexibility index (Phi) is 3.46. The fraction of sp³-hybridized carbons (Fsp3) is 0.429. The van der Waals surface area contributed by atoms with Gasteiger partial charge in [-0.1, -0.05) is 6.42 Å². The van der Waals surface area contributed by atoms with Gasteiger partial charge >= 0.3 is 0 Å². The fourth-order valence-electron chi connectivity index (χ4n) is 2.91. The lowest BCUT2D eigenvalue weighted by Gasteiger charge is -2.21. The molecule has 1 saturated carbocycles. The molecular formula is C14H18N4S. The van der Waals surface area contributed by atoms with Crippen molar-refractivity contribution in [3.63, 3.8) is 0 Å². The predicted octanol–water partition coefficient (Wildman–Crippen LogP) is 2.98. The first kappa shape index (κ1) is 12.5. The van der Waals surface area contributed by atoms with E-state index >= 15 is 0 Å². The van der Waals surface area contributed by atoms with Crippen LogP contribution in [0.2, 0.25) is 0 Å². The molecule has 0 saturated heterocycles. The molecule has 0 radical (unpaired) electrons. The summed E-state index contributed by atoms with van der Waals surface area (Å²) in [6, 6.07) is 4.45. The van der Waals surface area contributed by atoms with Crippen LogP contribution in [0.1, 0.15) is 25.3 Å². The van der Waals surface area contributed by atoms with Gasteiger partial charge in [0.1, 0.15) is 5.82 Å². The van der Waals surface area contributed by atoms with Gasteiger partial charge in [0.25, 0.3) is 0 Å². The van der Waals surface area contributed by atoms with Gasteiger partial charge < -0.3 is 10.3 Å². The van der Waals surface area contributed by atoms with Crippen molar-refractivity contribution >= 4 is 17.6 Å². The Bertz CT molecular complexity index is 566. The highest BCUT2D eigenvalue weighted by Gasteiger charge is 2.29. The van der Waals surface area contributed by atoms with Crippen molar-refractivity contribution in [1.29, 1.82) is 0 Å². The molecule has 19 heavy (non-hydrogen) atoms. The standard InChI is InChI=1S/C14H18N4S/c1-19-13-6-2-5-11(13)18-9-16-8-12(18)10-4-3-7-17-14(10)15/h3-4,7-9,11,13H,2,5-6H2,1H3,(H2,15,17). The Morgan fingerprint density at radius 3 is 3.11 bits per heavy atom. The Hall–Kier alpha value is -1.49. The molecule has 1 aliphatic carbocycles. The number of hydrogen-bond acceptors (Lipinski definition) is 4. The first-order chi connectivity index (χ1) is 9.31. The predicted molar refractivity (Wildman–Crippen MR) is 80.1 cm³/mol. The highest BCUT2D eigenvalue weighted by molar-refractivity contribution is 7.99. The molecule has 0 aliphatic heterocycles. The minimum absolute atomic E-state index is 0.520. The SMILES string of the molecule is CSC1CCCC1n1cncc1-c1cccnc1N. The quantitative estimate of drug-likeness (QED) is 0.935. The molecule has 0 amide bonds. The van der Waals surface area contributed by atoms with Gasteiger partial charge in [0, 0.05) is 23.1 Å². The average Bonchev–Trinajstić information content (AvgIpc) is 3.07. The van der Waals surface area contributed by atoms with Crippen molar-refractivity contribution < 1.29 is 0 Å². The highest BCUT2D eigenvalue weighted by atomic mass is 32.2. The largest absolute Gasteiger partial charge is 0.383 e. The summed E-state index contributed by atoms with van der Waals surface area (Å²) < 4.78 is 2.28. The number of nitrogens with zero attached hydrogens (tertiary/aromatic N) is 3. The molecule has 2 unspecified atom stereocenters. The summed E-state index contributed by atoms with van der Waals surface area (Å²) in [5, 5.41) is 0.672. The third kappa shape index (κ3) is 2.23. The molecule has 0 spiro atoms. The zero-order chi connectivity index (χ0) is 13.2. The van der Waals surface area contributed by atoms with Crippen LogP contribution in [-0.2, 0) is 0 Å². The number of nitrogens with two attached hydrogens (primary N) is 1. The molecule has 100 valence electrons.